The third-order valence-corrected chi connectivity index (χ3v) is 11.6. The number of rotatable bonds is 12. The van der Waals surface area contributed by atoms with Crippen molar-refractivity contribution in [3.8, 4) is 0 Å². The summed E-state index contributed by atoms with van der Waals surface area (Å²) < 4.78 is 33.6. The molecule has 160 valence electrons. The van der Waals surface area contributed by atoms with Gasteiger partial charge in [0.05, 0.1) is 12.8 Å². The summed E-state index contributed by atoms with van der Waals surface area (Å²) >= 11 is 2.19. The highest BCUT2D eigenvalue weighted by molar-refractivity contribution is 8.38. The minimum Gasteiger partial charge on any atom is -0.462 e. The minimum absolute atomic E-state index is 0.0782. The van der Waals surface area contributed by atoms with E-state index in [9.17, 15) is 33.1 Å². The molecule has 0 aromatic carbocycles. The molecule has 0 saturated heterocycles. The fourth-order valence-electron chi connectivity index (χ4n) is 1.69. The first-order chi connectivity index (χ1) is 13.1. The van der Waals surface area contributed by atoms with Gasteiger partial charge in [-0.1, -0.05) is 35.3 Å². The van der Waals surface area contributed by atoms with Crippen molar-refractivity contribution in [1.29, 1.82) is 0 Å². The number of thioether (sulfide) groups is 3. The number of carbonyl (C=O) groups is 5. The smallest absolute Gasteiger partial charge is 0.306 e. The number of ether oxygens (including phenoxy) is 2. The summed E-state index contributed by atoms with van der Waals surface area (Å²) in [5.74, 6) is -1.46. The Balaban J connectivity index is 4.22. The van der Waals surface area contributed by atoms with Gasteiger partial charge in [0, 0.05) is 12.3 Å². The van der Waals surface area contributed by atoms with E-state index in [-0.39, 0.29) is 32.2 Å². The Morgan fingerprint density at radius 3 is 1.71 bits per heavy atom. The van der Waals surface area contributed by atoms with Crippen LogP contribution in [0.5, 0.6) is 0 Å². The van der Waals surface area contributed by atoms with E-state index in [1.165, 1.54) is 18.8 Å². The van der Waals surface area contributed by atoms with E-state index in [2.05, 4.69) is 0 Å². The van der Waals surface area contributed by atoms with Gasteiger partial charge in [0.1, 0.15) is 13.2 Å². The molecule has 0 amide bonds. The second-order valence-corrected chi connectivity index (χ2v) is 12.9. The van der Waals surface area contributed by atoms with Crippen LogP contribution in [0.4, 0.5) is 14.4 Å². The highest BCUT2D eigenvalue weighted by Gasteiger charge is 2.39. The summed E-state index contributed by atoms with van der Waals surface area (Å²) in [6, 6.07) is 0. The van der Waals surface area contributed by atoms with Crippen molar-refractivity contribution in [3.63, 3.8) is 0 Å². The van der Waals surface area contributed by atoms with Gasteiger partial charge in [-0.15, -0.1) is 0 Å². The van der Waals surface area contributed by atoms with Crippen molar-refractivity contribution in [2.75, 3.05) is 44.3 Å². The third kappa shape index (κ3) is 9.78. The van der Waals surface area contributed by atoms with E-state index in [1.54, 1.807) is 0 Å². The van der Waals surface area contributed by atoms with Crippen LogP contribution in [-0.4, -0.2) is 70.8 Å². The highest BCUT2D eigenvalue weighted by atomic mass is 32.2. The Hall–Kier alpha value is -0.540. The molecular weight excluding hydrogens is 470 g/mol. The van der Waals surface area contributed by atoms with Crippen molar-refractivity contribution >= 4 is 76.7 Å². The summed E-state index contributed by atoms with van der Waals surface area (Å²) in [5, 5.41) is 0. The molecule has 0 aromatic rings. The fraction of sp³-hybridized carbons (Fsp3) is 0.643. The van der Waals surface area contributed by atoms with Crippen LogP contribution in [-0.2, 0) is 28.2 Å². The molecule has 0 aliphatic carbocycles. The van der Waals surface area contributed by atoms with Crippen LogP contribution in [0, 0.1) is 0 Å². The lowest BCUT2D eigenvalue weighted by Crippen LogP contribution is -2.16. The molecule has 0 N–H and O–H groups in total. The molecule has 0 aliphatic heterocycles. The maximum Gasteiger partial charge on any atom is 0.306 e. The largest absolute Gasteiger partial charge is 0.462 e. The van der Waals surface area contributed by atoms with Gasteiger partial charge < -0.3 is 18.6 Å². The second kappa shape index (κ2) is 14.4. The van der Waals surface area contributed by atoms with E-state index in [0.29, 0.717) is 23.5 Å². The molecule has 14 heteroatoms. The van der Waals surface area contributed by atoms with Crippen LogP contribution < -0.4 is 0 Å². The average molecular weight is 492 g/mol. The van der Waals surface area contributed by atoms with E-state index >= 15 is 0 Å². The first kappa shape index (κ1) is 27.5. The Morgan fingerprint density at radius 1 is 0.821 bits per heavy atom. The van der Waals surface area contributed by atoms with Crippen molar-refractivity contribution < 1.29 is 42.6 Å². The average Bonchev–Trinajstić information content (AvgIpc) is 2.70. The van der Waals surface area contributed by atoms with Gasteiger partial charge in [0.15, 0.2) is 7.80 Å². The molecular formula is C14H22O9P2S3. The number of hydrogen-bond acceptors (Lipinski definition) is 12. The van der Waals surface area contributed by atoms with Gasteiger partial charge in [-0.2, -0.15) is 0 Å². The molecule has 0 bridgehead atoms. The number of hydrogen-bond donors (Lipinski definition) is 0. The molecule has 0 heterocycles. The predicted octanol–water partition coefficient (Wildman–Crippen LogP) is 4.22. The maximum atomic E-state index is 12.5. The Bertz CT molecular complexity index is 661. The van der Waals surface area contributed by atoms with E-state index in [4.69, 9.17) is 9.47 Å². The normalized spacial score (nSPS) is 12.1. The van der Waals surface area contributed by atoms with Crippen LogP contribution >= 0.6 is 50.2 Å². The Kier molecular flexibility index (Phi) is 14.2. The summed E-state index contributed by atoms with van der Waals surface area (Å²) in [6.07, 6.45) is 3.25. The maximum absolute atomic E-state index is 12.5. The van der Waals surface area contributed by atoms with E-state index in [0.717, 1.165) is 11.8 Å². The number of esters is 2. The molecule has 0 fully saturated rings. The summed E-state index contributed by atoms with van der Waals surface area (Å²) in [4.78, 5) is 55.8. The predicted molar refractivity (Wildman–Crippen MR) is 114 cm³/mol. The van der Waals surface area contributed by atoms with Crippen molar-refractivity contribution in [2.45, 2.75) is 12.8 Å². The van der Waals surface area contributed by atoms with Gasteiger partial charge in [0.25, 0.3) is 9.71 Å². The molecule has 1 unspecified atom stereocenters. The lowest BCUT2D eigenvalue weighted by atomic mass is 10.5. The highest BCUT2D eigenvalue weighted by Crippen LogP contribution is 2.55. The van der Waals surface area contributed by atoms with Gasteiger partial charge in [-0.25, -0.2) is 0 Å². The fourth-order valence-corrected chi connectivity index (χ4v) is 8.13. The standard InChI is InChI=1S/C14H22O9P2S3/c1-26-12(17)24(20)8-4-10(15)22-6-7-23-11(16)5-9-25(21,13(18)27-2)14(19)28-3/h24H,4-9H2,1-3H3. The monoisotopic (exact) mass is 492 g/mol. The SMILES string of the molecule is CSC(=O)[PH](=O)CCC(=O)OCCOC(=O)CCP(=O)(C(=O)SC)C(=O)SC. The van der Waals surface area contributed by atoms with Crippen LogP contribution in [0.15, 0.2) is 0 Å². The van der Waals surface area contributed by atoms with Crippen LogP contribution in [0.25, 0.3) is 0 Å². The zero-order chi connectivity index (χ0) is 21.7. The molecule has 0 aliphatic rings. The van der Waals surface area contributed by atoms with Crippen LogP contribution in [0.2, 0.25) is 0 Å². The van der Waals surface area contributed by atoms with Crippen LogP contribution in [0.3, 0.4) is 0 Å². The molecule has 28 heavy (non-hydrogen) atoms. The van der Waals surface area contributed by atoms with Crippen molar-refractivity contribution in [2.24, 2.45) is 0 Å². The third-order valence-electron chi connectivity index (χ3n) is 3.15. The Labute approximate surface area is 176 Å². The molecule has 0 saturated carbocycles. The zero-order valence-corrected chi connectivity index (χ0v) is 19.9. The van der Waals surface area contributed by atoms with E-state index < -0.39 is 47.6 Å². The molecule has 0 radical (unpaired) electrons. The van der Waals surface area contributed by atoms with Gasteiger partial charge in [-0.05, 0) is 18.8 Å². The first-order valence-corrected chi connectivity index (χ1v) is 15.0. The molecule has 0 rings (SSSR count). The van der Waals surface area contributed by atoms with Crippen LogP contribution in [0.1, 0.15) is 12.8 Å². The minimum atomic E-state index is -3.83. The molecule has 0 spiro atoms. The van der Waals surface area contributed by atoms with Gasteiger partial charge in [-0.3, -0.25) is 24.0 Å². The second-order valence-electron chi connectivity index (χ2n) is 5.01. The molecule has 1 atom stereocenters. The number of carbonyl (C=O) groups excluding carboxylic acids is 5. The first-order valence-electron chi connectivity index (χ1n) is 7.80. The van der Waals surface area contributed by atoms with Crippen molar-refractivity contribution in [1.82, 2.24) is 0 Å². The van der Waals surface area contributed by atoms with Gasteiger partial charge in [0.2, 0.25) is 12.0 Å². The molecule has 0 aromatic heterocycles. The van der Waals surface area contributed by atoms with Gasteiger partial charge >= 0.3 is 11.9 Å². The summed E-state index contributed by atoms with van der Waals surface area (Å²) in [7, 11) is -6.33. The Morgan fingerprint density at radius 2 is 1.29 bits per heavy atom. The van der Waals surface area contributed by atoms with Crippen molar-refractivity contribution in [3.05, 3.63) is 0 Å². The molecule has 9 nitrogen and oxygen atoms in total. The zero-order valence-electron chi connectivity index (χ0n) is 15.6. The quantitative estimate of drug-likeness (QED) is 0.219. The topological polar surface area (TPSA) is 138 Å². The summed E-state index contributed by atoms with van der Waals surface area (Å²) in [6.45, 7) is -0.506. The lowest BCUT2D eigenvalue weighted by molar-refractivity contribution is -0.151. The summed E-state index contributed by atoms with van der Waals surface area (Å²) in [5.41, 5.74) is 0. The lowest BCUT2D eigenvalue weighted by Gasteiger charge is -2.12. The van der Waals surface area contributed by atoms with E-state index in [1.807, 2.05) is 0 Å².